The topological polar surface area (TPSA) is 41.9 Å². The van der Waals surface area contributed by atoms with Crippen LogP contribution >= 0.6 is 0 Å². The quantitative estimate of drug-likeness (QED) is 0.838. The first-order chi connectivity index (χ1) is 9.25. The first-order valence-electron chi connectivity index (χ1n) is 6.55. The number of aliphatic hydroxyl groups excluding tert-OH is 1. The number of morpholine rings is 1. The van der Waals surface area contributed by atoms with Gasteiger partial charge in [0.2, 0.25) is 0 Å². The molecule has 0 unspecified atom stereocenters. The molecule has 1 aromatic rings. The van der Waals surface area contributed by atoms with E-state index in [1.54, 1.807) is 18.2 Å². The molecule has 1 heterocycles. The summed E-state index contributed by atoms with van der Waals surface area (Å²) in [6.07, 6.45) is -0.551. The Labute approximate surface area is 112 Å². The third-order valence-electron chi connectivity index (χ3n) is 3.10. The van der Waals surface area contributed by atoms with Crippen molar-refractivity contribution in [3.63, 3.8) is 0 Å². The van der Waals surface area contributed by atoms with E-state index < -0.39 is 6.10 Å². The van der Waals surface area contributed by atoms with Gasteiger partial charge in [-0.2, -0.15) is 0 Å². The average Bonchev–Trinajstić information content (AvgIpc) is 2.42. The summed E-state index contributed by atoms with van der Waals surface area (Å²) < 4.78 is 23.9. The lowest BCUT2D eigenvalue weighted by atomic mass is 10.2. The molecule has 5 heteroatoms. The molecule has 0 aromatic heterocycles. The molecule has 1 aromatic carbocycles. The molecular weight excluding hydrogens is 249 g/mol. The van der Waals surface area contributed by atoms with Crippen molar-refractivity contribution in [3.8, 4) is 0 Å². The summed E-state index contributed by atoms with van der Waals surface area (Å²) in [7, 11) is 0. The summed E-state index contributed by atoms with van der Waals surface area (Å²) in [5.74, 6) is -0.273. The van der Waals surface area contributed by atoms with E-state index in [9.17, 15) is 9.50 Å². The number of β-amino-alcohol motifs (C(OH)–C–C–N with tert-alkyl or cyclic N) is 1. The number of ether oxygens (including phenoxy) is 2. The molecule has 4 nitrogen and oxygen atoms in total. The van der Waals surface area contributed by atoms with Crippen molar-refractivity contribution >= 4 is 0 Å². The predicted molar refractivity (Wildman–Crippen MR) is 69.3 cm³/mol. The summed E-state index contributed by atoms with van der Waals surface area (Å²) in [4.78, 5) is 2.14. The van der Waals surface area contributed by atoms with Crippen molar-refractivity contribution in [1.82, 2.24) is 4.90 Å². The molecule has 1 saturated heterocycles. The number of rotatable bonds is 6. The van der Waals surface area contributed by atoms with E-state index in [4.69, 9.17) is 9.47 Å². The minimum atomic E-state index is -0.551. The van der Waals surface area contributed by atoms with Crippen molar-refractivity contribution in [3.05, 3.63) is 35.6 Å². The smallest absolute Gasteiger partial charge is 0.128 e. The zero-order valence-corrected chi connectivity index (χ0v) is 10.9. The van der Waals surface area contributed by atoms with Crippen molar-refractivity contribution in [2.75, 3.05) is 39.5 Å². The number of halogens is 1. The van der Waals surface area contributed by atoms with Gasteiger partial charge in [-0.05, 0) is 6.07 Å². The fourth-order valence-electron chi connectivity index (χ4n) is 2.05. The van der Waals surface area contributed by atoms with E-state index >= 15 is 0 Å². The largest absolute Gasteiger partial charge is 0.389 e. The number of hydrogen-bond donors (Lipinski definition) is 1. The van der Waals surface area contributed by atoms with Gasteiger partial charge in [0.25, 0.3) is 0 Å². The van der Waals surface area contributed by atoms with Crippen LogP contribution < -0.4 is 0 Å². The van der Waals surface area contributed by atoms with Crippen molar-refractivity contribution in [2.45, 2.75) is 12.7 Å². The van der Waals surface area contributed by atoms with Gasteiger partial charge >= 0.3 is 0 Å². The highest BCUT2D eigenvalue weighted by atomic mass is 19.1. The average molecular weight is 269 g/mol. The van der Waals surface area contributed by atoms with E-state index in [-0.39, 0.29) is 19.0 Å². The first kappa shape index (κ1) is 14.4. The highest BCUT2D eigenvalue weighted by molar-refractivity contribution is 5.16. The second-order valence-corrected chi connectivity index (χ2v) is 4.67. The lowest BCUT2D eigenvalue weighted by molar-refractivity contribution is -0.0178. The van der Waals surface area contributed by atoms with Gasteiger partial charge in [0.05, 0.1) is 32.5 Å². The molecule has 0 bridgehead atoms. The highest BCUT2D eigenvalue weighted by Crippen LogP contribution is 2.08. The first-order valence-corrected chi connectivity index (χ1v) is 6.55. The summed E-state index contributed by atoms with van der Waals surface area (Å²) in [5, 5.41) is 9.85. The molecule has 1 fully saturated rings. The normalized spacial score (nSPS) is 18.4. The summed E-state index contributed by atoms with van der Waals surface area (Å²) >= 11 is 0. The molecule has 0 saturated carbocycles. The monoisotopic (exact) mass is 269 g/mol. The van der Waals surface area contributed by atoms with Gasteiger partial charge < -0.3 is 14.6 Å². The Balaban J connectivity index is 1.66. The molecule has 0 amide bonds. The maximum Gasteiger partial charge on any atom is 0.128 e. The van der Waals surface area contributed by atoms with Gasteiger partial charge in [0.15, 0.2) is 0 Å². The minimum absolute atomic E-state index is 0.187. The number of hydrogen-bond acceptors (Lipinski definition) is 4. The van der Waals surface area contributed by atoms with Gasteiger partial charge in [-0.1, -0.05) is 18.2 Å². The van der Waals surface area contributed by atoms with Gasteiger partial charge in [-0.15, -0.1) is 0 Å². The van der Waals surface area contributed by atoms with E-state index in [1.165, 1.54) is 6.07 Å². The van der Waals surface area contributed by atoms with Crippen molar-refractivity contribution < 1.29 is 19.0 Å². The van der Waals surface area contributed by atoms with Gasteiger partial charge in [-0.3, -0.25) is 4.90 Å². The Morgan fingerprint density at radius 2 is 2.05 bits per heavy atom. The van der Waals surface area contributed by atoms with Crippen molar-refractivity contribution in [2.24, 2.45) is 0 Å². The van der Waals surface area contributed by atoms with Crippen LogP contribution in [-0.2, 0) is 16.1 Å². The molecule has 106 valence electrons. The minimum Gasteiger partial charge on any atom is -0.389 e. The third-order valence-corrected chi connectivity index (χ3v) is 3.10. The van der Waals surface area contributed by atoms with Crippen LogP contribution in [0.4, 0.5) is 4.39 Å². The van der Waals surface area contributed by atoms with Crippen LogP contribution in [-0.4, -0.2) is 55.6 Å². The lowest BCUT2D eigenvalue weighted by Gasteiger charge is -2.28. The van der Waals surface area contributed by atoms with Gasteiger partial charge in [0, 0.05) is 25.2 Å². The molecular formula is C14H20FNO3. The van der Waals surface area contributed by atoms with Crippen LogP contribution in [0.5, 0.6) is 0 Å². The molecule has 2 rings (SSSR count). The Morgan fingerprint density at radius 1 is 1.32 bits per heavy atom. The summed E-state index contributed by atoms with van der Waals surface area (Å²) in [6.45, 7) is 4.07. The SMILES string of the molecule is O[C@@H](COCc1ccccc1F)CN1CCOCC1. The standard InChI is InChI=1S/C14H20FNO3/c15-14-4-2-1-3-12(14)10-19-11-13(17)9-16-5-7-18-8-6-16/h1-4,13,17H,5-11H2/t13-/m1/s1. The zero-order chi connectivity index (χ0) is 13.5. The summed E-state index contributed by atoms with van der Waals surface area (Å²) in [5.41, 5.74) is 0.515. The molecule has 1 aliphatic rings. The van der Waals surface area contributed by atoms with Gasteiger partial charge in [0.1, 0.15) is 5.82 Å². The molecule has 1 aliphatic heterocycles. The zero-order valence-electron chi connectivity index (χ0n) is 10.9. The van der Waals surface area contributed by atoms with Crippen LogP contribution in [0.2, 0.25) is 0 Å². The van der Waals surface area contributed by atoms with Crippen molar-refractivity contribution in [1.29, 1.82) is 0 Å². The second-order valence-electron chi connectivity index (χ2n) is 4.67. The van der Waals surface area contributed by atoms with E-state index in [0.29, 0.717) is 25.3 Å². The predicted octanol–water partition coefficient (Wildman–Crippen LogP) is 1.04. The van der Waals surface area contributed by atoms with E-state index in [1.807, 2.05) is 0 Å². The number of benzene rings is 1. The Morgan fingerprint density at radius 3 is 2.79 bits per heavy atom. The molecule has 1 N–H and O–H groups in total. The van der Waals surface area contributed by atoms with Crippen LogP contribution in [0.15, 0.2) is 24.3 Å². The summed E-state index contributed by atoms with van der Waals surface area (Å²) in [6, 6.07) is 6.50. The fraction of sp³-hybridized carbons (Fsp3) is 0.571. The molecule has 19 heavy (non-hydrogen) atoms. The highest BCUT2D eigenvalue weighted by Gasteiger charge is 2.15. The van der Waals surface area contributed by atoms with E-state index in [2.05, 4.69) is 4.90 Å². The number of nitrogens with zero attached hydrogens (tertiary/aromatic N) is 1. The Hall–Kier alpha value is -1.01. The van der Waals surface area contributed by atoms with Crippen LogP contribution in [0, 0.1) is 5.82 Å². The second kappa shape index (κ2) is 7.55. The van der Waals surface area contributed by atoms with Crippen LogP contribution in [0.25, 0.3) is 0 Å². The Kier molecular flexibility index (Phi) is 5.72. The van der Waals surface area contributed by atoms with Gasteiger partial charge in [-0.25, -0.2) is 4.39 Å². The Bertz CT molecular complexity index is 383. The lowest BCUT2D eigenvalue weighted by Crippen LogP contribution is -2.42. The van der Waals surface area contributed by atoms with E-state index in [0.717, 1.165) is 13.1 Å². The molecule has 0 aliphatic carbocycles. The van der Waals surface area contributed by atoms with Crippen LogP contribution in [0.1, 0.15) is 5.56 Å². The maximum absolute atomic E-state index is 13.3. The fourth-order valence-corrected chi connectivity index (χ4v) is 2.05. The van der Waals surface area contributed by atoms with Crippen LogP contribution in [0.3, 0.4) is 0 Å². The molecule has 0 spiro atoms. The maximum atomic E-state index is 13.3. The molecule has 1 atom stereocenters. The molecule has 0 radical (unpaired) electrons. The number of aliphatic hydroxyl groups is 1. The third kappa shape index (κ3) is 4.87.